The highest BCUT2D eigenvalue weighted by Crippen LogP contribution is 2.19. The van der Waals surface area contributed by atoms with Gasteiger partial charge in [-0.2, -0.15) is 0 Å². The molecule has 0 aromatic heterocycles. The third kappa shape index (κ3) is 7.44. The van der Waals surface area contributed by atoms with Crippen molar-refractivity contribution < 1.29 is 24.2 Å². The summed E-state index contributed by atoms with van der Waals surface area (Å²) in [6.07, 6.45) is 3.95. The van der Waals surface area contributed by atoms with Gasteiger partial charge in [-0.1, -0.05) is 55.9 Å². The summed E-state index contributed by atoms with van der Waals surface area (Å²) in [5.41, 5.74) is 2.19. The monoisotopic (exact) mass is 472 g/mol. The van der Waals surface area contributed by atoms with Crippen LogP contribution in [0.15, 0.2) is 66.7 Å². The number of carboxylic acid groups (broad SMARTS) is 1. The Labute approximate surface area is 204 Å². The first-order valence-corrected chi connectivity index (χ1v) is 11.6. The summed E-state index contributed by atoms with van der Waals surface area (Å²) in [6.45, 7) is 2.84. The SMILES string of the molecule is CCCCCCN(Cc1ccc([O-])c(C(=O)O)c1)C(=O)c1ccc(C#Cc2ccc(F)cc2)cc1. The summed E-state index contributed by atoms with van der Waals surface area (Å²) < 4.78 is 13.0. The molecular weight excluding hydrogens is 445 g/mol. The minimum atomic E-state index is -1.28. The lowest BCUT2D eigenvalue weighted by molar-refractivity contribution is -0.268. The van der Waals surface area contributed by atoms with Gasteiger partial charge in [0.15, 0.2) is 0 Å². The summed E-state index contributed by atoms with van der Waals surface area (Å²) in [5, 5.41) is 21.1. The highest BCUT2D eigenvalue weighted by Gasteiger charge is 2.17. The molecule has 3 aromatic carbocycles. The molecule has 0 unspecified atom stereocenters. The molecule has 6 heteroatoms. The zero-order valence-electron chi connectivity index (χ0n) is 19.6. The molecule has 0 atom stereocenters. The topological polar surface area (TPSA) is 80.7 Å². The number of hydrogen-bond donors (Lipinski definition) is 1. The lowest BCUT2D eigenvalue weighted by Gasteiger charge is -2.24. The summed E-state index contributed by atoms with van der Waals surface area (Å²) in [7, 11) is 0. The van der Waals surface area contributed by atoms with E-state index in [9.17, 15) is 24.2 Å². The predicted octanol–water partition coefficient (Wildman–Crippen LogP) is 5.22. The van der Waals surface area contributed by atoms with Crippen LogP contribution in [0.2, 0.25) is 0 Å². The van der Waals surface area contributed by atoms with Crippen molar-refractivity contribution in [2.45, 2.75) is 39.2 Å². The quantitative estimate of drug-likeness (QED) is 0.342. The van der Waals surface area contributed by atoms with Crippen molar-refractivity contribution in [3.8, 4) is 17.6 Å². The standard InChI is InChI=1S/C29H28FNO4/c1-2-3-4-5-18-31(20-23-12-17-27(32)26(19-23)29(34)35)28(33)24-13-8-21(9-14-24)6-7-22-10-15-25(30)16-11-22/h8-17,19,32H,2-5,18,20H2,1H3,(H,34,35)/p-1. The Hall–Kier alpha value is -4.11. The number of carbonyl (C=O) groups is 2. The molecule has 5 nitrogen and oxygen atoms in total. The van der Waals surface area contributed by atoms with Gasteiger partial charge in [-0.05, 0) is 66.6 Å². The number of nitrogens with zero attached hydrogens (tertiary/aromatic N) is 1. The maximum Gasteiger partial charge on any atom is 0.335 e. The molecule has 0 aliphatic heterocycles. The fraction of sp³-hybridized carbons (Fsp3) is 0.241. The van der Waals surface area contributed by atoms with Gasteiger partial charge in [0.2, 0.25) is 0 Å². The molecule has 0 saturated carbocycles. The minimum Gasteiger partial charge on any atom is -0.872 e. The normalized spacial score (nSPS) is 10.3. The molecule has 35 heavy (non-hydrogen) atoms. The van der Waals surface area contributed by atoms with Crippen molar-refractivity contribution in [3.05, 3.63) is 100 Å². The van der Waals surface area contributed by atoms with Crippen molar-refractivity contribution >= 4 is 11.9 Å². The van der Waals surface area contributed by atoms with Crippen molar-refractivity contribution in [2.75, 3.05) is 6.54 Å². The molecule has 180 valence electrons. The average Bonchev–Trinajstić information content (AvgIpc) is 2.86. The second-order valence-electron chi connectivity index (χ2n) is 8.26. The van der Waals surface area contributed by atoms with Crippen LogP contribution in [0.4, 0.5) is 4.39 Å². The van der Waals surface area contributed by atoms with E-state index in [2.05, 4.69) is 18.8 Å². The number of unbranched alkanes of at least 4 members (excludes halogenated alkanes) is 3. The Bertz CT molecular complexity index is 1220. The molecule has 0 saturated heterocycles. The average molecular weight is 473 g/mol. The lowest BCUT2D eigenvalue weighted by Crippen LogP contribution is -2.31. The highest BCUT2D eigenvalue weighted by atomic mass is 19.1. The summed E-state index contributed by atoms with van der Waals surface area (Å²) in [5.74, 6) is 3.63. The number of hydrogen-bond acceptors (Lipinski definition) is 3. The van der Waals surface area contributed by atoms with Gasteiger partial charge >= 0.3 is 5.97 Å². The first-order chi connectivity index (χ1) is 16.9. The van der Waals surface area contributed by atoms with Gasteiger partial charge in [0.25, 0.3) is 5.91 Å². The number of halogens is 1. The van der Waals surface area contributed by atoms with Crippen molar-refractivity contribution in [2.24, 2.45) is 0 Å². The fourth-order valence-electron chi connectivity index (χ4n) is 3.60. The third-order valence-electron chi connectivity index (χ3n) is 5.54. The summed E-state index contributed by atoms with van der Waals surface area (Å²) >= 11 is 0. The van der Waals surface area contributed by atoms with E-state index in [1.807, 2.05) is 0 Å². The molecular formula is C29H27FNO4-. The van der Waals surface area contributed by atoms with Crippen molar-refractivity contribution in [1.29, 1.82) is 0 Å². The fourth-order valence-corrected chi connectivity index (χ4v) is 3.60. The zero-order chi connectivity index (χ0) is 25.2. The lowest BCUT2D eigenvalue weighted by atomic mass is 10.1. The Kier molecular flexibility index (Phi) is 9.02. The first kappa shape index (κ1) is 25.5. The van der Waals surface area contributed by atoms with Crippen molar-refractivity contribution in [1.82, 2.24) is 4.90 Å². The second kappa shape index (κ2) is 12.4. The van der Waals surface area contributed by atoms with Gasteiger partial charge < -0.3 is 15.1 Å². The van der Waals surface area contributed by atoms with Crippen LogP contribution in [-0.2, 0) is 6.54 Å². The van der Waals surface area contributed by atoms with E-state index < -0.39 is 11.7 Å². The molecule has 0 aliphatic rings. The Morgan fingerprint density at radius 1 is 0.914 bits per heavy atom. The van der Waals surface area contributed by atoms with Crippen molar-refractivity contribution in [3.63, 3.8) is 0 Å². The van der Waals surface area contributed by atoms with Crippen LogP contribution in [0.3, 0.4) is 0 Å². The maximum absolute atomic E-state index is 13.3. The highest BCUT2D eigenvalue weighted by molar-refractivity contribution is 5.94. The van der Waals surface area contributed by atoms with Gasteiger partial charge in [0.05, 0.1) is 5.56 Å². The molecule has 3 rings (SSSR count). The van der Waals surface area contributed by atoms with E-state index in [0.29, 0.717) is 23.2 Å². The van der Waals surface area contributed by atoms with E-state index in [1.54, 1.807) is 47.4 Å². The number of carbonyl (C=O) groups excluding carboxylic acids is 1. The maximum atomic E-state index is 13.3. The van der Waals surface area contributed by atoms with E-state index >= 15 is 0 Å². The summed E-state index contributed by atoms with van der Waals surface area (Å²) in [6, 6.07) is 17.0. The largest absolute Gasteiger partial charge is 0.872 e. The zero-order valence-corrected chi connectivity index (χ0v) is 19.6. The summed E-state index contributed by atoms with van der Waals surface area (Å²) in [4.78, 5) is 26.3. The second-order valence-corrected chi connectivity index (χ2v) is 8.26. The van der Waals surface area contributed by atoms with Crippen LogP contribution in [-0.4, -0.2) is 28.4 Å². The number of benzene rings is 3. The van der Waals surface area contributed by atoms with Gasteiger partial charge in [0, 0.05) is 29.8 Å². The van der Waals surface area contributed by atoms with Gasteiger partial charge in [-0.25, -0.2) is 9.18 Å². The van der Waals surface area contributed by atoms with Gasteiger partial charge in [-0.3, -0.25) is 4.79 Å². The van der Waals surface area contributed by atoms with E-state index in [1.165, 1.54) is 24.3 Å². The molecule has 0 fully saturated rings. The van der Waals surface area contributed by atoms with E-state index in [-0.39, 0.29) is 23.8 Å². The Balaban J connectivity index is 1.77. The number of amides is 1. The smallest absolute Gasteiger partial charge is 0.335 e. The molecule has 3 aromatic rings. The first-order valence-electron chi connectivity index (χ1n) is 11.6. The van der Waals surface area contributed by atoms with Crippen LogP contribution in [0.25, 0.3) is 0 Å². The van der Waals surface area contributed by atoms with Gasteiger partial charge in [0.1, 0.15) is 5.82 Å². The van der Waals surface area contributed by atoms with Crippen LogP contribution >= 0.6 is 0 Å². The molecule has 1 amide bonds. The predicted molar refractivity (Wildman–Crippen MR) is 131 cm³/mol. The Morgan fingerprint density at radius 2 is 1.54 bits per heavy atom. The van der Waals surface area contributed by atoms with Gasteiger partial charge in [-0.15, -0.1) is 0 Å². The third-order valence-corrected chi connectivity index (χ3v) is 5.54. The van der Waals surface area contributed by atoms with Crippen LogP contribution in [0.1, 0.15) is 70.0 Å². The Morgan fingerprint density at radius 3 is 2.14 bits per heavy atom. The minimum absolute atomic E-state index is 0.178. The van der Waals surface area contributed by atoms with Crippen LogP contribution in [0.5, 0.6) is 5.75 Å². The molecule has 0 heterocycles. The van der Waals surface area contributed by atoms with Crippen LogP contribution < -0.4 is 5.11 Å². The molecule has 0 radical (unpaired) electrons. The molecule has 0 spiro atoms. The molecule has 1 N–H and O–H groups in total. The number of rotatable bonds is 9. The molecule has 0 bridgehead atoms. The van der Waals surface area contributed by atoms with E-state index in [0.717, 1.165) is 31.2 Å². The number of carboxylic acids is 1. The van der Waals surface area contributed by atoms with Crippen LogP contribution in [0, 0.1) is 17.7 Å². The molecule has 0 aliphatic carbocycles. The van der Waals surface area contributed by atoms with E-state index in [4.69, 9.17) is 0 Å². The number of aromatic carboxylic acids is 1.